The van der Waals surface area contributed by atoms with Crippen LogP contribution in [-0.4, -0.2) is 19.8 Å². The Morgan fingerprint density at radius 3 is 2.11 bits per heavy atom. The number of para-hydroxylation sites is 3. The smallest absolute Gasteiger partial charge is 0.161 e. The molecule has 0 aromatic heterocycles. The van der Waals surface area contributed by atoms with Gasteiger partial charge in [-0.2, -0.15) is 0 Å². The Kier molecular flexibility index (Phi) is 3.54. The van der Waals surface area contributed by atoms with Crippen LogP contribution in [0.1, 0.15) is 5.56 Å². The molecule has 0 amide bonds. The third-order valence-electron chi connectivity index (χ3n) is 3.17. The van der Waals surface area contributed by atoms with E-state index in [1.807, 2.05) is 24.3 Å². The fraction of sp³-hybridized carbons (Fsp3) is 0.250. The molecular formula is C16H17NO2. The van der Waals surface area contributed by atoms with Crippen molar-refractivity contribution in [1.29, 1.82) is 0 Å². The molecule has 0 radical (unpaired) electrons. The van der Waals surface area contributed by atoms with E-state index in [0.29, 0.717) is 13.2 Å². The number of fused-ring (bicyclic) bond motifs is 2. The van der Waals surface area contributed by atoms with Crippen molar-refractivity contribution >= 4 is 5.69 Å². The van der Waals surface area contributed by atoms with Crippen LogP contribution >= 0.6 is 0 Å². The van der Waals surface area contributed by atoms with Crippen LogP contribution in [0.3, 0.4) is 0 Å². The van der Waals surface area contributed by atoms with Crippen molar-refractivity contribution in [2.24, 2.45) is 0 Å². The van der Waals surface area contributed by atoms with Crippen LogP contribution in [0.15, 0.2) is 48.5 Å². The second kappa shape index (κ2) is 5.65. The zero-order valence-corrected chi connectivity index (χ0v) is 10.8. The molecule has 98 valence electrons. The Hall–Kier alpha value is -2.16. The average Bonchev–Trinajstić information content (AvgIpc) is 2.96. The molecule has 19 heavy (non-hydrogen) atoms. The first-order valence-corrected chi connectivity index (χ1v) is 6.60. The summed E-state index contributed by atoms with van der Waals surface area (Å²) in [6, 6.07) is 16.2. The van der Waals surface area contributed by atoms with E-state index < -0.39 is 0 Å². The molecule has 0 saturated carbocycles. The summed E-state index contributed by atoms with van der Waals surface area (Å²) in [6.07, 6.45) is 1.19. The van der Waals surface area contributed by atoms with Crippen LogP contribution in [0.4, 0.5) is 5.69 Å². The van der Waals surface area contributed by atoms with Gasteiger partial charge in [-0.1, -0.05) is 30.3 Å². The number of benzene rings is 2. The molecular weight excluding hydrogens is 238 g/mol. The van der Waals surface area contributed by atoms with Crippen molar-refractivity contribution in [3.63, 3.8) is 0 Å². The molecule has 0 fully saturated rings. The molecule has 2 aliphatic rings. The van der Waals surface area contributed by atoms with Gasteiger partial charge in [0.15, 0.2) is 11.5 Å². The summed E-state index contributed by atoms with van der Waals surface area (Å²) in [5, 5.41) is 3.30. The number of nitrogens with one attached hydrogen (secondary N) is 1. The molecule has 2 aliphatic heterocycles. The number of hydrogen-bond acceptors (Lipinski definition) is 3. The Balaban J connectivity index is 0.000000117. The van der Waals surface area contributed by atoms with Crippen LogP contribution < -0.4 is 14.8 Å². The largest absolute Gasteiger partial charge is 0.486 e. The lowest BCUT2D eigenvalue weighted by Gasteiger charge is -2.17. The number of hydrogen-bond donors (Lipinski definition) is 1. The van der Waals surface area contributed by atoms with E-state index >= 15 is 0 Å². The second-order valence-corrected chi connectivity index (χ2v) is 4.48. The maximum atomic E-state index is 5.30. The molecule has 0 saturated heterocycles. The van der Waals surface area contributed by atoms with Gasteiger partial charge in [-0.15, -0.1) is 0 Å². The van der Waals surface area contributed by atoms with Gasteiger partial charge in [0, 0.05) is 12.2 Å². The molecule has 2 aromatic carbocycles. The predicted octanol–water partition coefficient (Wildman–Crippen LogP) is 3.11. The zero-order valence-electron chi connectivity index (χ0n) is 10.8. The molecule has 2 heterocycles. The summed E-state index contributed by atoms with van der Waals surface area (Å²) in [6.45, 7) is 2.44. The maximum Gasteiger partial charge on any atom is 0.161 e. The van der Waals surface area contributed by atoms with Crippen LogP contribution in [0, 0.1) is 0 Å². The minimum absolute atomic E-state index is 0.664. The van der Waals surface area contributed by atoms with E-state index in [-0.39, 0.29) is 0 Å². The summed E-state index contributed by atoms with van der Waals surface area (Å²) in [4.78, 5) is 0. The molecule has 1 N–H and O–H groups in total. The standard InChI is InChI=1S/C8H9N.C8H8O2/c1-2-4-8-7(3-1)5-6-9-8;1-2-4-8-7(3-1)9-5-6-10-8/h1-4,9H,5-6H2;1-4H,5-6H2. The topological polar surface area (TPSA) is 30.5 Å². The van der Waals surface area contributed by atoms with Crippen molar-refractivity contribution in [1.82, 2.24) is 0 Å². The van der Waals surface area contributed by atoms with Crippen molar-refractivity contribution in [3.8, 4) is 11.5 Å². The highest BCUT2D eigenvalue weighted by molar-refractivity contribution is 5.54. The molecule has 0 bridgehead atoms. The summed E-state index contributed by atoms with van der Waals surface area (Å²) in [5.74, 6) is 1.71. The molecule has 3 heteroatoms. The highest BCUT2D eigenvalue weighted by Crippen LogP contribution is 2.28. The molecule has 0 atom stereocenters. The Bertz CT molecular complexity index is 506. The lowest BCUT2D eigenvalue weighted by Crippen LogP contribution is -2.14. The van der Waals surface area contributed by atoms with Gasteiger partial charge in [0.2, 0.25) is 0 Å². The van der Waals surface area contributed by atoms with Crippen molar-refractivity contribution in [3.05, 3.63) is 54.1 Å². The van der Waals surface area contributed by atoms with E-state index in [1.54, 1.807) is 0 Å². The number of ether oxygens (including phenoxy) is 2. The maximum absolute atomic E-state index is 5.30. The van der Waals surface area contributed by atoms with Crippen molar-refractivity contribution < 1.29 is 9.47 Å². The van der Waals surface area contributed by atoms with Crippen LogP contribution in [0.25, 0.3) is 0 Å². The summed E-state index contributed by atoms with van der Waals surface area (Å²) >= 11 is 0. The molecule has 0 aliphatic carbocycles. The van der Waals surface area contributed by atoms with Crippen LogP contribution in [0.5, 0.6) is 11.5 Å². The molecule has 3 nitrogen and oxygen atoms in total. The summed E-state index contributed by atoms with van der Waals surface area (Å²) in [5.41, 5.74) is 2.77. The molecule has 4 rings (SSSR count). The fourth-order valence-corrected chi connectivity index (χ4v) is 2.23. The zero-order chi connectivity index (χ0) is 12.9. The van der Waals surface area contributed by atoms with Crippen molar-refractivity contribution in [2.75, 3.05) is 25.1 Å². The minimum Gasteiger partial charge on any atom is -0.486 e. The first-order valence-electron chi connectivity index (χ1n) is 6.60. The quantitative estimate of drug-likeness (QED) is 0.784. The molecule has 0 spiro atoms. The molecule has 0 unspecified atom stereocenters. The Morgan fingerprint density at radius 1 is 0.789 bits per heavy atom. The van der Waals surface area contributed by atoms with Gasteiger partial charge < -0.3 is 14.8 Å². The monoisotopic (exact) mass is 255 g/mol. The molecule has 2 aromatic rings. The highest BCUT2D eigenvalue weighted by atomic mass is 16.6. The average molecular weight is 255 g/mol. The van der Waals surface area contributed by atoms with E-state index in [2.05, 4.69) is 29.6 Å². The van der Waals surface area contributed by atoms with E-state index in [0.717, 1.165) is 18.0 Å². The number of rotatable bonds is 0. The number of anilines is 1. The minimum atomic E-state index is 0.664. The van der Waals surface area contributed by atoms with Gasteiger partial charge in [0.05, 0.1) is 0 Å². The van der Waals surface area contributed by atoms with Gasteiger partial charge in [-0.3, -0.25) is 0 Å². The lowest BCUT2D eigenvalue weighted by atomic mass is 10.2. The first-order chi connectivity index (χ1) is 9.43. The highest BCUT2D eigenvalue weighted by Gasteiger charge is 2.08. The summed E-state index contributed by atoms with van der Waals surface area (Å²) < 4.78 is 10.6. The van der Waals surface area contributed by atoms with Gasteiger partial charge in [-0.05, 0) is 30.2 Å². The van der Waals surface area contributed by atoms with E-state index in [4.69, 9.17) is 9.47 Å². The van der Waals surface area contributed by atoms with Gasteiger partial charge in [0.25, 0.3) is 0 Å². The second-order valence-electron chi connectivity index (χ2n) is 4.48. The fourth-order valence-electron chi connectivity index (χ4n) is 2.23. The normalized spacial score (nSPS) is 14.7. The van der Waals surface area contributed by atoms with Gasteiger partial charge in [0.1, 0.15) is 13.2 Å². The Morgan fingerprint density at radius 2 is 1.42 bits per heavy atom. The van der Waals surface area contributed by atoms with E-state index in [9.17, 15) is 0 Å². The first kappa shape index (κ1) is 11.9. The SMILES string of the molecule is c1ccc2c(c1)CCN2.c1ccc2c(c1)OCCO2. The van der Waals surface area contributed by atoms with Crippen LogP contribution in [0.2, 0.25) is 0 Å². The Labute approximate surface area is 113 Å². The summed E-state index contributed by atoms with van der Waals surface area (Å²) in [7, 11) is 0. The lowest BCUT2D eigenvalue weighted by molar-refractivity contribution is 0.171. The third kappa shape index (κ3) is 2.81. The van der Waals surface area contributed by atoms with Crippen molar-refractivity contribution in [2.45, 2.75) is 6.42 Å². The van der Waals surface area contributed by atoms with Crippen LogP contribution in [-0.2, 0) is 6.42 Å². The van der Waals surface area contributed by atoms with Gasteiger partial charge >= 0.3 is 0 Å². The van der Waals surface area contributed by atoms with Gasteiger partial charge in [-0.25, -0.2) is 0 Å². The third-order valence-corrected chi connectivity index (χ3v) is 3.17. The predicted molar refractivity (Wildman–Crippen MR) is 76.1 cm³/mol. The van der Waals surface area contributed by atoms with E-state index in [1.165, 1.54) is 17.7 Å².